The number of thiophene rings is 1. The zero-order valence-corrected chi connectivity index (χ0v) is 18.4. The van der Waals surface area contributed by atoms with E-state index in [1.165, 1.54) is 23.9 Å². The van der Waals surface area contributed by atoms with Gasteiger partial charge < -0.3 is 9.26 Å². The highest BCUT2D eigenvalue weighted by Gasteiger charge is 2.25. The Morgan fingerprint density at radius 2 is 2.13 bits per heavy atom. The van der Waals surface area contributed by atoms with E-state index < -0.39 is 0 Å². The third-order valence-electron chi connectivity index (χ3n) is 5.04. The molecular formula is C21H20FN5O2S2. The highest BCUT2D eigenvalue weighted by molar-refractivity contribution is 7.99. The van der Waals surface area contributed by atoms with Crippen LogP contribution in [0.4, 0.5) is 4.39 Å². The first-order valence-electron chi connectivity index (χ1n) is 10.0. The molecule has 10 heteroatoms. The van der Waals surface area contributed by atoms with Crippen molar-refractivity contribution in [2.75, 3.05) is 6.61 Å². The SMILES string of the molecule is CC(Sc1nnc(-c2ccc(F)cc2)n1CC1CCCO1)c1nc(-c2cccs2)no1. The normalized spacial score (nSPS) is 17.3. The Bertz CT molecular complexity index is 1140. The maximum Gasteiger partial charge on any atom is 0.240 e. The molecule has 4 heterocycles. The lowest BCUT2D eigenvalue weighted by Gasteiger charge is -2.15. The quantitative estimate of drug-likeness (QED) is 0.352. The molecular weight excluding hydrogens is 437 g/mol. The lowest BCUT2D eigenvalue weighted by atomic mass is 10.2. The molecule has 0 spiro atoms. The van der Waals surface area contributed by atoms with Crippen LogP contribution < -0.4 is 0 Å². The average molecular weight is 458 g/mol. The molecule has 1 aliphatic heterocycles. The molecule has 1 aromatic carbocycles. The van der Waals surface area contributed by atoms with Crippen LogP contribution in [0.15, 0.2) is 51.5 Å². The van der Waals surface area contributed by atoms with E-state index in [9.17, 15) is 4.39 Å². The van der Waals surface area contributed by atoms with Crippen molar-refractivity contribution in [2.45, 2.75) is 42.8 Å². The Morgan fingerprint density at radius 3 is 2.87 bits per heavy atom. The van der Waals surface area contributed by atoms with Gasteiger partial charge in [0.05, 0.1) is 22.8 Å². The van der Waals surface area contributed by atoms with Crippen molar-refractivity contribution in [3.8, 4) is 22.1 Å². The summed E-state index contributed by atoms with van der Waals surface area (Å²) < 4.78 is 26.8. The second-order valence-corrected chi connectivity index (χ2v) is 9.51. The summed E-state index contributed by atoms with van der Waals surface area (Å²) in [6.45, 7) is 3.41. The standard InChI is InChI=1S/C21H20FN5O2S2/c1-13(20-23-18(26-29-20)17-5-3-11-30-17)31-21-25-24-19(14-6-8-15(22)9-7-14)27(21)12-16-4-2-10-28-16/h3,5-9,11,13,16H,2,4,10,12H2,1H3. The first kappa shape index (κ1) is 20.3. The second kappa shape index (κ2) is 8.89. The van der Waals surface area contributed by atoms with Gasteiger partial charge in [0.25, 0.3) is 0 Å². The van der Waals surface area contributed by atoms with E-state index in [-0.39, 0.29) is 17.2 Å². The molecule has 7 nitrogen and oxygen atoms in total. The molecule has 3 aromatic heterocycles. The van der Waals surface area contributed by atoms with Gasteiger partial charge in [0.1, 0.15) is 5.82 Å². The fraction of sp³-hybridized carbons (Fsp3) is 0.333. The van der Waals surface area contributed by atoms with E-state index in [2.05, 4.69) is 20.3 Å². The van der Waals surface area contributed by atoms with Crippen molar-refractivity contribution >= 4 is 23.1 Å². The van der Waals surface area contributed by atoms with Crippen molar-refractivity contribution in [3.05, 3.63) is 53.5 Å². The summed E-state index contributed by atoms with van der Waals surface area (Å²) >= 11 is 3.07. The van der Waals surface area contributed by atoms with Gasteiger partial charge in [-0.25, -0.2) is 4.39 Å². The number of hydrogen-bond acceptors (Lipinski definition) is 8. The largest absolute Gasteiger partial charge is 0.376 e. The molecule has 0 bridgehead atoms. The second-order valence-electron chi connectivity index (χ2n) is 7.25. The fourth-order valence-electron chi connectivity index (χ4n) is 3.46. The lowest BCUT2D eigenvalue weighted by molar-refractivity contribution is 0.0953. The summed E-state index contributed by atoms with van der Waals surface area (Å²) in [4.78, 5) is 5.51. The third kappa shape index (κ3) is 4.41. The first-order valence-corrected chi connectivity index (χ1v) is 11.8. The van der Waals surface area contributed by atoms with Crippen LogP contribution in [0.3, 0.4) is 0 Å². The van der Waals surface area contributed by atoms with Crippen LogP contribution in [-0.4, -0.2) is 37.6 Å². The molecule has 1 aliphatic rings. The van der Waals surface area contributed by atoms with Crippen molar-refractivity contribution in [3.63, 3.8) is 0 Å². The number of thioether (sulfide) groups is 1. The van der Waals surface area contributed by atoms with Gasteiger partial charge in [0, 0.05) is 12.2 Å². The lowest BCUT2D eigenvalue weighted by Crippen LogP contribution is -2.16. The molecule has 1 saturated heterocycles. The molecule has 5 rings (SSSR count). The van der Waals surface area contributed by atoms with E-state index in [0.29, 0.717) is 24.1 Å². The van der Waals surface area contributed by atoms with Gasteiger partial charge in [-0.3, -0.25) is 4.57 Å². The van der Waals surface area contributed by atoms with Gasteiger partial charge in [-0.05, 0) is 55.5 Å². The van der Waals surface area contributed by atoms with E-state index >= 15 is 0 Å². The maximum atomic E-state index is 13.4. The number of ether oxygens (including phenoxy) is 1. The Morgan fingerprint density at radius 1 is 1.26 bits per heavy atom. The molecule has 31 heavy (non-hydrogen) atoms. The van der Waals surface area contributed by atoms with Crippen LogP contribution in [0, 0.1) is 5.82 Å². The Labute approximate surface area is 186 Å². The fourth-order valence-corrected chi connectivity index (χ4v) is 5.00. The average Bonchev–Trinajstić information content (AvgIpc) is 3.57. The number of halogens is 1. The Kier molecular flexibility index (Phi) is 5.84. The number of benzene rings is 1. The molecule has 4 aromatic rings. The first-order chi connectivity index (χ1) is 15.2. The molecule has 0 amide bonds. The van der Waals surface area contributed by atoms with Gasteiger partial charge in [0.15, 0.2) is 11.0 Å². The van der Waals surface area contributed by atoms with Crippen LogP contribution in [0.1, 0.15) is 30.9 Å². The van der Waals surface area contributed by atoms with Gasteiger partial charge in [-0.1, -0.05) is 23.0 Å². The molecule has 0 aliphatic carbocycles. The number of rotatable bonds is 7. The Balaban J connectivity index is 1.41. The molecule has 2 unspecified atom stereocenters. The molecule has 0 radical (unpaired) electrons. The number of nitrogens with zero attached hydrogens (tertiary/aromatic N) is 5. The Hall–Kier alpha value is -2.56. The van der Waals surface area contributed by atoms with Crippen LogP contribution in [0.2, 0.25) is 0 Å². The summed E-state index contributed by atoms with van der Waals surface area (Å²) in [6.07, 6.45) is 2.15. The van der Waals surface area contributed by atoms with Gasteiger partial charge >= 0.3 is 0 Å². The van der Waals surface area contributed by atoms with E-state index in [4.69, 9.17) is 9.26 Å². The van der Waals surface area contributed by atoms with Crippen LogP contribution >= 0.6 is 23.1 Å². The molecule has 2 atom stereocenters. The zero-order valence-electron chi connectivity index (χ0n) is 16.8. The van der Waals surface area contributed by atoms with Gasteiger partial charge in [0.2, 0.25) is 11.7 Å². The maximum absolute atomic E-state index is 13.4. The topological polar surface area (TPSA) is 78.9 Å². The zero-order chi connectivity index (χ0) is 21.2. The van der Waals surface area contributed by atoms with Crippen molar-refractivity contribution < 1.29 is 13.7 Å². The van der Waals surface area contributed by atoms with E-state index in [0.717, 1.165) is 35.0 Å². The van der Waals surface area contributed by atoms with E-state index in [1.807, 2.05) is 29.0 Å². The molecule has 1 fully saturated rings. The van der Waals surface area contributed by atoms with Crippen LogP contribution in [0.25, 0.3) is 22.1 Å². The highest BCUT2D eigenvalue weighted by Crippen LogP contribution is 2.36. The minimum absolute atomic E-state index is 0.110. The summed E-state index contributed by atoms with van der Waals surface area (Å²) in [5.74, 6) is 1.53. The van der Waals surface area contributed by atoms with Crippen molar-refractivity contribution in [1.82, 2.24) is 24.9 Å². The van der Waals surface area contributed by atoms with Crippen LogP contribution in [-0.2, 0) is 11.3 Å². The predicted molar refractivity (Wildman–Crippen MR) is 116 cm³/mol. The minimum atomic E-state index is -0.282. The minimum Gasteiger partial charge on any atom is -0.376 e. The number of aromatic nitrogens is 5. The summed E-state index contributed by atoms with van der Waals surface area (Å²) in [6, 6.07) is 10.2. The highest BCUT2D eigenvalue weighted by atomic mass is 32.2. The van der Waals surface area contributed by atoms with Crippen molar-refractivity contribution in [1.29, 1.82) is 0 Å². The summed E-state index contributed by atoms with van der Waals surface area (Å²) in [7, 11) is 0. The van der Waals surface area contributed by atoms with Crippen LogP contribution in [0.5, 0.6) is 0 Å². The predicted octanol–water partition coefficient (Wildman–Crippen LogP) is 5.23. The summed E-state index contributed by atoms with van der Waals surface area (Å²) in [5, 5.41) is 15.5. The smallest absolute Gasteiger partial charge is 0.240 e. The van der Waals surface area contributed by atoms with Crippen molar-refractivity contribution in [2.24, 2.45) is 0 Å². The molecule has 0 saturated carbocycles. The monoisotopic (exact) mass is 457 g/mol. The third-order valence-corrected chi connectivity index (χ3v) is 6.98. The molecule has 160 valence electrons. The van der Waals surface area contributed by atoms with Gasteiger partial charge in [-0.2, -0.15) is 4.98 Å². The molecule has 0 N–H and O–H groups in total. The number of hydrogen-bond donors (Lipinski definition) is 0. The summed E-state index contributed by atoms with van der Waals surface area (Å²) in [5.41, 5.74) is 0.809. The van der Waals surface area contributed by atoms with Gasteiger partial charge in [-0.15, -0.1) is 21.5 Å². The van der Waals surface area contributed by atoms with E-state index in [1.54, 1.807) is 23.5 Å².